The first kappa shape index (κ1) is 93.3. The van der Waals surface area contributed by atoms with Crippen LogP contribution in [-0.4, -0.2) is 74.8 Å². The summed E-state index contributed by atoms with van der Waals surface area (Å²) in [5.74, 6) is 6.47. The number of benzene rings is 8. The SMILES string of the molecule is CCCCCC1c2cc3c4c(CO)c2OCOc2c1cc1c(c2CO)OCOc2c(cc5c6c2CNCc2c7c8cc9c2OCOc2c(cc%10c(c2CNCc2c(c(cc(c2OCO6)C5CCCCC)C3CCCCC)OCO4)OCOc2c(cc3c(c2CO)OCOc2c(cc(c(c2CO)OCO7)C8CCCCC)C3CCCCC)C%10CCCCC)C9CCCCC)C1CCCCC. The molecule has 0 radical (unpaired) electrons. The Balaban J connectivity index is 0.964. The van der Waals surface area contributed by atoms with Crippen molar-refractivity contribution in [2.75, 3.05) is 54.3 Å². The normalized spacial score (nSPS) is 20.2. The first-order valence-corrected chi connectivity index (χ1v) is 51.6. The molecule has 0 saturated carbocycles. The van der Waals surface area contributed by atoms with Crippen molar-refractivity contribution in [1.29, 1.82) is 0 Å². The Morgan fingerprint density at radius 3 is 0.425 bits per heavy atom. The topological polar surface area (TPSA) is 253 Å². The largest absolute Gasteiger partial charge is 0.457 e. The van der Waals surface area contributed by atoms with Gasteiger partial charge in [-0.15, -0.1) is 0 Å². The van der Waals surface area contributed by atoms with Gasteiger partial charge >= 0.3 is 0 Å². The summed E-state index contributed by atoms with van der Waals surface area (Å²) in [6, 6.07) is 19.2. The Morgan fingerprint density at radius 2 is 0.306 bits per heavy atom. The van der Waals surface area contributed by atoms with Gasteiger partial charge in [-0.1, -0.05) is 209 Å². The van der Waals surface area contributed by atoms with E-state index in [0.717, 1.165) is 265 Å². The Hall–Kier alpha value is -9.68. The lowest BCUT2D eigenvalue weighted by molar-refractivity contribution is 0.0903. The van der Waals surface area contributed by atoms with Gasteiger partial charge in [-0.05, 0) is 99.9 Å². The van der Waals surface area contributed by atoms with Crippen molar-refractivity contribution in [3.05, 3.63) is 182 Å². The maximum atomic E-state index is 12.4. The molecule has 10 heterocycles. The monoisotopic (exact) mass is 1840 g/mol. The summed E-state index contributed by atoms with van der Waals surface area (Å²) in [7, 11) is 0. The first-order chi connectivity index (χ1) is 66.1. The fourth-order valence-corrected chi connectivity index (χ4v) is 24.5. The molecule has 0 aromatic heterocycles. The molecule has 12 bridgehead atoms. The molecule has 6 N–H and O–H groups in total. The van der Waals surface area contributed by atoms with Gasteiger partial charge in [0.15, 0.2) is 0 Å². The molecule has 8 aromatic carbocycles. The molecular formula is C112H142N2O20. The van der Waals surface area contributed by atoms with Gasteiger partial charge in [-0.3, -0.25) is 0 Å². The minimum atomic E-state index is -0.390. The summed E-state index contributed by atoms with van der Waals surface area (Å²) in [4.78, 5) is 0. The Kier molecular flexibility index (Phi) is 29.6. The average Bonchev–Trinajstić information content (AvgIpc) is 0.719. The van der Waals surface area contributed by atoms with E-state index >= 15 is 0 Å². The fraction of sp³-hybridized carbons (Fsp3) is 0.571. The van der Waals surface area contributed by atoms with Gasteiger partial charge in [-0.25, -0.2) is 0 Å². The lowest BCUT2D eigenvalue weighted by Crippen LogP contribution is -2.28. The fourth-order valence-electron chi connectivity index (χ4n) is 24.5. The number of nitrogens with one attached hydrogen (secondary N) is 2. The van der Waals surface area contributed by atoms with Gasteiger partial charge in [0.1, 0.15) is 92.0 Å². The zero-order chi connectivity index (χ0) is 92.0. The number of fused-ring (bicyclic) bond motifs is 18. The predicted octanol–water partition coefficient (Wildman–Crippen LogP) is 24.7. The van der Waals surface area contributed by atoms with Crippen molar-refractivity contribution in [1.82, 2.24) is 10.6 Å². The van der Waals surface area contributed by atoms with E-state index in [1.165, 1.54) is 0 Å². The molecule has 0 saturated heterocycles. The van der Waals surface area contributed by atoms with Crippen LogP contribution in [0, 0.1) is 0 Å². The lowest BCUT2D eigenvalue weighted by Gasteiger charge is -2.38. The van der Waals surface area contributed by atoms with Gasteiger partial charge in [-0.2, -0.15) is 0 Å². The number of hydrogen-bond acceptors (Lipinski definition) is 22. The molecule has 134 heavy (non-hydrogen) atoms. The highest BCUT2D eigenvalue weighted by atomic mass is 16.7. The minimum absolute atomic E-state index is 0.195. The third-order valence-electron chi connectivity index (χ3n) is 30.9. The second-order valence-corrected chi connectivity index (χ2v) is 39.0. The summed E-state index contributed by atoms with van der Waals surface area (Å²) in [5, 5.41) is 58.0. The van der Waals surface area contributed by atoms with E-state index in [4.69, 9.17) is 75.8 Å². The maximum Gasteiger partial charge on any atom is 0.230 e. The molecule has 0 fully saturated rings. The van der Waals surface area contributed by atoms with E-state index in [-0.39, 0.29) is 128 Å². The van der Waals surface area contributed by atoms with E-state index < -0.39 is 26.4 Å². The summed E-state index contributed by atoms with van der Waals surface area (Å²) in [6.07, 6.45) is 28.1. The molecule has 4 unspecified atom stereocenters. The third kappa shape index (κ3) is 17.3. The quantitative estimate of drug-likeness (QED) is 0.0200. The van der Waals surface area contributed by atoms with Crippen LogP contribution in [-0.2, 0) is 52.6 Å². The number of aliphatic hydroxyl groups is 4. The number of hydrogen-bond donors (Lipinski definition) is 6. The zero-order valence-corrected chi connectivity index (χ0v) is 80.5. The molecule has 10 aliphatic rings. The van der Waals surface area contributed by atoms with Crippen LogP contribution >= 0.6 is 0 Å². The summed E-state index contributed by atoms with van der Waals surface area (Å²) in [5.41, 5.74) is 20.9. The average molecular weight is 1840 g/mol. The van der Waals surface area contributed by atoms with Gasteiger partial charge in [0, 0.05) is 163 Å². The van der Waals surface area contributed by atoms with Crippen molar-refractivity contribution < 1.29 is 96.2 Å². The predicted molar refractivity (Wildman–Crippen MR) is 513 cm³/mol. The smallest absolute Gasteiger partial charge is 0.230 e. The molecule has 0 spiro atoms. The van der Waals surface area contributed by atoms with Crippen molar-refractivity contribution in [2.24, 2.45) is 0 Å². The van der Waals surface area contributed by atoms with Crippen LogP contribution in [0.2, 0.25) is 0 Å². The van der Waals surface area contributed by atoms with Crippen LogP contribution in [0.3, 0.4) is 0 Å². The number of ether oxygens (including phenoxy) is 16. The van der Waals surface area contributed by atoms with Crippen LogP contribution in [0.15, 0.2) is 48.5 Å². The molecule has 0 amide bonds. The summed E-state index contributed by atoms with van der Waals surface area (Å²) >= 11 is 0. The highest BCUT2D eigenvalue weighted by molar-refractivity contribution is 5.74. The standard InChI is InChI=1S/C112H142N2O20/c1-9-17-25-33-65-73-41-77-67(35-27-19-11-3)81-45-85-71(39-31-23-15-7)86-46-82-68(36-28-20-12-4)78-42-74(65)98-90-50-114-52-92-100-76-44-80-70(38-30-22-14-6)84-48-88-72(40-32-24-16-8)87-47-83-69(37-29-21-13-5)79-43-75(66(76)34-26-18-10-2)99(121-58-122-100)91(103(79)125-61-129-107(83)95(55-117)111(87)133-64-134-112(88)96(56-118)108(84)130-62-126-104(80)92)51-113-49-89(97(73)119-57-120-98)101(77)123-59-127-105(81)93(53-115)109(85)131-63-132-110(86)94(54-116)106(82)128-60-124-102(78)90/h41-48,65-72,113-118H,9-40,49-64H2,1-8H3. The van der Waals surface area contributed by atoms with Crippen molar-refractivity contribution in [3.8, 4) is 92.0 Å². The van der Waals surface area contributed by atoms with Gasteiger partial charge in [0.05, 0.1) is 70.9 Å². The molecule has 10 aliphatic heterocycles. The van der Waals surface area contributed by atoms with Gasteiger partial charge in [0.25, 0.3) is 0 Å². The van der Waals surface area contributed by atoms with Crippen LogP contribution in [0.5, 0.6) is 92.0 Å². The van der Waals surface area contributed by atoms with E-state index in [1.807, 2.05) is 0 Å². The molecule has 18 rings (SSSR count). The Morgan fingerprint density at radius 1 is 0.187 bits per heavy atom. The maximum absolute atomic E-state index is 12.4. The van der Waals surface area contributed by atoms with Crippen LogP contribution in [0.25, 0.3) is 0 Å². The van der Waals surface area contributed by atoms with Gasteiger partial charge < -0.3 is 107 Å². The minimum Gasteiger partial charge on any atom is -0.457 e. The van der Waals surface area contributed by atoms with Crippen molar-refractivity contribution in [2.45, 2.75) is 361 Å². The molecular weight excluding hydrogens is 1690 g/mol. The van der Waals surface area contributed by atoms with E-state index in [0.29, 0.717) is 166 Å². The zero-order valence-electron chi connectivity index (χ0n) is 80.5. The second-order valence-electron chi connectivity index (χ2n) is 39.0. The lowest BCUT2D eigenvalue weighted by atomic mass is 9.74. The van der Waals surface area contributed by atoms with E-state index in [2.05, 4.69) is 115 Å². The molecule has 720 valence electrons. The van der Waals surface area contributed by atoms with Crippen LogP contribution in [0.4, 0.5) is 0 Å². The van der Waals surface area contributed by atoms with Crippen molar-refractivity contribution in [3.63, 3.8) is 0 Å². The number of rotatable bonds is 36. The van der Waals surface area contributed by atoms with Gasteiger partial charge in [0.2, 0.25) is 54.3 Å². The second kappa shape index (κ2) is 42.5. The molecule has 8 aromatic rings. The molecule has 22 heteroatoms. The highest BCUT2D eigenvalue weighted by Gasteiger charge is 2.47. The van der Waals surface area contributed by atoms with Crippen LogP contribution in [0.1, 0.15) is 442 Å². The summed E-state index contributed by atoms with van der Waals surface area (Å²) in [6.45, 7) is 15.6. The third-order valence-corrected chi connectivity index (χ3v) is 30.9. The van der Waals surface area contributed by atoms with Crippen LogP contribution < -0.4 is 86.4 Å². The first-order valence-electron chi connectivity index (χ1n) is 51.6. The van der Waals surface area contributed by atoms with Crippen molar-refractivity contribution >= 4 is 0 Å². The summed E-state index contributed by atoms with van der Waals surface area (Å²) < 4.78 is 118. The number of unbranched alkanes of at least 4 members (excludes halogenated alkanes) is 16. The Bertz CT molecular complexity index is 4920. The highest BCUT2D eigenvalue weighted by Crippen LogP contribution is 2.64. The molecule has 4 atom stereocenters. The number of aliphatic hydroxyl groups excluding tert-OH is 4. The molecule has 22 nitrogen and oxygen atoms in total. The molecule has 0 aliphatic carbocycles. The van der Waals surface area contributed by atoms with E-state index in [9.17, 15) is 20.4 Å². The Labute approximate surface area is 791 Å². The van der Waals surface area contributed by atoms with E-state index in [1.54, 1.807) is 0 Å².